The number of hydrogen-bond acceptors (Lipinski definition) is 5. The van der Waals surface area contributed by atoms with Crippen molar-refractivity contribution in [2.75, 3.05) is 20.3 Å². The molecular weight excluding hydrogens is 256 g/mol. The molecule has 0 bridgehead atoms. The minimum atomic E-state index is -1.31. The fourth-order valence-corrected chi connectivity index (χ4v) is 1.69. The molecule has 1 heterocycles. The van der Waals surface area contributed by atoms with Gasteiger partial charge in [-0.25, -0.2) is 9.59 Å². The number of methoxy groups -OCH3 is 1. The second-order valence-corrected chi connectivity index (χ2v) is 4.20. The number of carbonyl (C=O) groups is 3. The smallest absolute Gasteiger partial charge is 0.326 e. The maximum atomic E-state index is 11.6. The second kappa shape index (κ2) is 7.57. The summed E-state index contributed by atoms with van der Waals surface area (Å²) in [6.45, 7) is 1.07. The molecule has 0 radical (unpaired) electrons. The number of urea groups is 1. The molecule has 0 aromatic heterocycles. The van der Waals surface area contributed by atoms with Gasteiger partial charge in [-0.2, -0.15) is 0 Å². The molecule has 8 nitrogen and oxygen atoms in total. The SMILES string of the molecule is COC(=O)C[C@H](NC(=O)NC1CCCOC1)C(=O)O. The van der Waals surface area contributed by atoms with Crippen LogP contribution in [0.1, 0.15) is 19.3 Å². The summed E-state index contributed by atoms with van der Waals surface area (Å²) in [5.41, 5.74) is 0. The van der Waals surface area contributed by atoms with Gasteiger partial charge >= 0.3 is 18.0 Å². The topological polar surface area (TPSA) is 114 Å². The third-order valence-electron chi connectivity index (χ3n) is 2.70. The molecule has 2 amide bonds. The Morgan fingerprint density at radius 2 is 2.21 bits per heavy atom. The monoisotopic (exact) mass is 274 g/mol. The zero-order valence-corrected chi connectivity index (χ0v) is 10.7. The second-order valence-electron chi connectivity index (χ2n) is 4.20. The van der Waals surface area contributed by atoms with Crippen LogP contribution in [0.25, 0.3) is 0 Å². The van der Waals surface area contributed by atoms with E-state index in [2.05, 4.69) is 15.4 Å². The zero-order chi connectivity index (χ0) is 14.3. The third kappa shape index (κ3) is 5.56. The lowest BCUT2D eigenvalue weighted by Gasteiger charge is -2.24. The fourth-order valence-electron chi connectivity index (χ4n) is 1.69. The molecule has 8 heteroatoms. The lowest BCUT2D eigenvalue weighted by molar-refractivity contribution is -0.147. The lowest BCUT2D eigenvalue weighted by Crippen LogP contribution is -2.51. The number of hydrogen-bond donors (Lipinski definition) is 3. The number of amides is 2. The first kappa shape index (κ1) is 15.2. The molecule has 3 N–H and O–H groups in total. The van der Waals surface area contributed by atoms with Crippen LogP contribution in [0.2, 0.25) is 0 Å². The van der Waals surface area contributed by atoms with Crippen LogP contribution in [0, 0.1) is 0 Å². The van der Waals surface area contributed by atoms with Gasteiger partial charge in [0.1, 0.15) is 6.04 Å². The van der Waals surface area contributed by atoms with Crippen molar-refractivity contribution in [1.29, 1.82) is 0 Å². The number of carboxylic acid groups (broad SMARTS) is 1. The number of carboxylic acids is 1. The van der Waals surface area contributed by atoms with Gasteiger partial charge in [-0.3, -0.25) is 4.79 Å². The highest BCUT2D eigenvalue weighted by Crippen LogP contribution is 2.05. The lowest BCUT2D eigenvalue weighted by atomic mass is 10.1. The number of aliphatic carboxylic acids is 1. The van der Waals surface area contributed by atoms with E-state index in [1.54, 1.807) is 0 Å². The normalized spacial score (nSPS) is 20.2. The van der Waals surface area contributed by atoms with Crippen molar-refractivity contribution in [2.24, 2.45) is 0 Å². The predicted octanol–water partition coefficient (Wildman–Crippen LogP) is -0.519. The highest BCUT2D eigenvalue weighted by atomic mass is 16.5. The summed E-state index contributed by atoms with van der Waals surface area (Å²) in [5.74, 6) is -1.99. The van der Waals surface area contributed by atoms with Crippen molar-refractivity contribution < 1.29 is 29.0 Å². The van der Waals surface area contributed by atoms with Crippen LogP contribution < -0.4 is 10.6 Å². The minimum absolute atomic E-state index is 0.138. The van der Waals surface area contributed by atoms with E-state index in [4.69, 9.17) is 9.84 Å². The Morgan fingerprint density at radius 3 is 2.74 bits per heavy atom. The summed E-state index contributed by atoms with van der Waals surface area (Å²) in [6.07, 6.45) is 1.21. The van der Waals surface area contributed by atoms with Gasteiger partial charge in [0, 0.05) is 6.61 Å². The maximum absolute atomic E-state index is 11.6. The molecule has 0 aromatic carbocycles. The fraction of sp³-hybridized carbons (Fsp3) is 0.727. The molecule has 0 spiro atoms. The van der Waals surface area contributed by atoms with E-state index in [9.17, 15) is 14.4 Å². The zero-order valence-electron chi connectivity index (χ0n) is 10.7. The van der Waals surface area contributed by atoms with Crippen molar-refractivity contribution in [3.05, 3.63) is 0 Å². The van der Waals surface area contributed by atoms with E-state index in [0.29, 0.717) is 13.2 Å². The summed E-state index contributed by atoms with van der Waals surface area (Å²) in [4.78, 5) is 33.5. The van der Waals surface area contributed by atoms with Crippen LogP contribution in [0.5, 0.6) is 0 Å². The first-order chi connectivity index (χ1) is 9.02. The van der Waals surface area contributed by atoms with E-state index >= 15 is 0 Å². The number of nitrogens with one attached hydrogen (secondary N) is 2. The Bertz CT molecular complexity index is 340. The Morgan fingerprint density at radius 1 is 1.47 bits per heavy atom. The molecule has 1 saturated heterocycles. The number of rotatable bonds is 5. The molecular formula is C11H18N2O6. The highest BCUT2D eigenvalue weighted by molar-refractivity contribution is 5.86. The summed E-state index contributed by atoms with van der Waals surface area (Å²) in [6, 6.07) is -2.08. The third-order valence-corrected chi connectivity index (χ3v) is 2.70. The molecule has 0 aliphatic carbocycles. The molecule has 0 aromatic rings. The van der Waals surface area contributed by atoms with E-state index in [1.807, 2.05) is 0 Å². The molecule has 1 aliphatic heterocycles. The van der Waals surface area contributed by atoms with E-state index in [1.165, 1.54) is 0 Å². The van der Waals surface area contributed by atoms with E-state index < -0.39 is 30.4 Å². The Hall–Kier alpha value is -1.83. The van der Waals surface area contributed by atoms with Crippen molar-refractivity contribution in [3.63, 3.8) is 0 Å². The van der Waals surface area contributed by atoms with Crippen LogP contribution >= 0.6 is 0 Å². The van der Waals surface area contributed by atoms with Gasteiger partial charge in [0.2, 0.25) is 0 Å². The van der Waals surface area contributed by atoms with Crippen LogP contribution in [-0.4, -0.2) is 55.5 Å². The van der Waals surface area contributed by atoms with Gasteiger partial charge in [-0.05, 0) is 12.8 Å². The minimum Gasteiger partial charge on any atom is -0.480 e. The quantitative estimate of drug-likeness (QED) is 0.581. The number of ether oxygens (including phenoxy) is 2. The summed E-state index contributed by atoms with van der Waals surface area (Å²) in [5, 5.41) is 13.7. The first-order valence-corrected chi connectivity index (χ1v) is 5.97. The Labute approximate surface area is 110 Å². The van der Waals surface area contributed by atoms with Crippen molar-refractivity contribution in [1.82, 2.24) is 10.6 Å². The van der Waals surface area contributed by atoms with Gasteiger partial charge in [0.05, 0.1) is 26.2 Å². The van der Waals surface area contributed by atoms with Gasteiger partial charge in [0.25, 0.3) is 0 Å². The van der Waals surface area contributed by atoms with Gasteiger partial charge < -0.3 is 25.2 Å². The number of esters is 1. The van der Waals surface area contributed by atoms with Gasteiger partial charge in [-0.1, -0.05) is 0 Å². The van der Waals surface area contributed by atoms with Crippen LogP contribution in [0.3, 0.4) is 0 Å². The van der Waals surface area contributed by atoms with Crippen molar-refractivity contribution in [2.45, 2.75) is 31.3 Å². The first-order valence-electron chi connectivity index (χ1n) is 5.97. The average molecular weight is 274 g/mol. The molecule has 0 saturated carbocycles. The van der Waals surface area contributed by atoms with E-state index in [0.717, 1.165) is 20.0 Å². The largest absolute Gasteiger partial charge is 0.480 e. The Balaban J connectivity index is 2.41. The van der Waals surface area contributed by atoms with Crippen molar-refractivity contribution in [3.8, 4) is 0 Å². The molecule has 19 heavy (non-hydrogen) atoms. The highest BCUT2D eigenvalue weighted by Gasteiger charge is 2.25. The van der Waals surface area contributed by atoms with Gasteiger partial charge in [-0.15, -0.1) is 0 Å². The van der Waals surface area contributed by atoms with Crippen LogP contribution in [0.15, 0.2) is 0 Å². The molecule has 1 rings (SSSR count). The summed E-state index contributed by atoms with van der Waals surface area (Å²) >= 11 is 0. The molecule has 2 atom stereocenters. The Kier molecular flexibility index (Phi) is 6.07. The molecule has 1 aliphatic rings. The standard InChI is InChI=1S/C11H18N2O6/c1-18-9(14)5-8(10(15)16)13-11(17)12-7-3-2-4-19-6-7/h7-8H,2-6H2,1H3,(H,15,16)(H2,12,13,17)/t7?,8-/m0/s1. The number of carbonyl (C=O) groups excluding carboxylic acids is 2. The molecule has 1 fully saturated rings. The van der Waals surface area contributed by atoms with Crippen LogP contribution in [-0.2, 0) is 19.1 Å². The van der Waals surface area contributed by atoms with Crippen molar-refractivity contribution >= 4 is 18.0 Å². The molecule has 108 valence electrons. The summed E-state index contributed by atoms with van der Waals surface area (Å²) in [7, 11) is 1.15. The maximum Gasteiger partial charge on any atom is 0.326 e. The predicted molar refractivity (Wildman–Crippen MR) is 63.6 cm³/mol. The molecule has 1 unspecified atom stereocenters. The van der Waals surface area contributed by atoms with Crippen LogP contribution in [0.4, 0.5) is 4.79 Å². The van der Waals surface area contributed by atoms with E-state index in [-0.39, 0.29) is 6.04 Å². The van der Waals surface area contributed by atoms with Gasteiger partial charge in [0.15, 0.2) is 0 Å². The average Bonchev–Trinajstić information content (AvgIpc) is 2.38. The summed E-state index contributed by atoms with van der Waals surface area (Å²) < 4.78 is 9.55.